The molecule has 2 N–H and O–H groups in total. The molecule has 0 spiro atoms. The molecular weight excluding hydrogens is 200 g/mol. The van der Waals surface area contributed by atoms with Gasteiger partial charge in [0.25, 0.3) is 0 Å². The van der Waals surface area contributed by atoms with E-state index in [4.69, 9.17) is 0 Å². The first-order chi connectivity index (χ1) is 7.51. The molecule has 0 radical (unpaired) electrons. The third kappa shape index (κ3) is 3.78. The van der Waals surface area contributed by atoms with Gasteiger partial charge in [0, 0.05) is 19.6 Å². The summed E-state index contributed by atoms with van der Waals surface area (Å²) in [7, 11) is 1.70. The van der Waals surface area contributed by atoms with Crippen LogP contribution in [0, 0.1) is 11.3 Å². The zero-order valence-corrected chi connectivity index (χ0v) is 11.1. The fourth-order valence-electron chi connectivity index (χ4n) is 2.12. The number of carbonyl (C=O) groups is 1. The van der Waals surface area contributed by atoms with Crippen molar-refractivity contribution >= 4 is 5.91 Å². The van der Waals surface area contributed by atoms with Crippen molar-refractivity contribution < 1.29 is 4.79 Å². The molecule has 0 aromatic heterocycles. The van der Waals surface area contributed by atoms with Gasteiger partial charge < -0.3 is 10.6 Å². The van der Waals surface area contributed by atoms with Crippen molar-refractivity contribution in [3.63, 3.8) is 0 Å². The predicted octanol–water partition coefficient (Wildman–Crippen LogP) is 1.93. The van der Waals surface area contributed by atoms with E-state index in [1.54, 1.807) is 7.05 Å². The smallest absolute Gasteiger partial charge is 0.226 e. The van der Waals surface area contributed by atoms with Crippen molar-refractivity contribution in [2.45, 2.75) is 52.5 Å². The van der Waals surface area contributed by atoms with E-state index in [2.05, 4.69) is 17.6 Å². The molecule has 1 amide bonds. The van der Waals surface area contributed by atoms with Gasteiger partial charge in [-0.2, -0.15) is 0 Å². The van der Waals surface area contributed by atoms with E-state index in [1.807, 2.05) is 13.8 Å². The van der Waals surface area contributed by atoms with Crippen molar-refractivity contribution in [1.29, 1.82) is 0 Å². The van der Waals surface area contributed by atoms with Gasteiger partial charge in [-0.3, -0.25) is 4.79 Å². The van der Waals surface area contributed by atoms with Crippen LogP contribution in [0.25, 0.3) is 0 Å². The molecule has 0 saturated heterocycles. The minimum Gasteiger partial charge on any atom is -0.359 e. The average molecular weight is 226 g/mol. The molecule has 3 nitrogen and oxygen atoms in total. The molecule has 3 heteroatoms. The van der Waals surface area contributed by atoms with E-state index >= 15 is 0 Å². The van der Waals surface area contributed by atoms with Crippen LogP contribution >= 0.6 is 0 Å². The number of nitrogens with one attached hydrogen (secondary N) is 2. The summed E-state index contributed by atoms with van der Waals surface area (Å²) >= 11 is 0. The van der Waals surface area contributed by atoms with Crippen LogP contribution in [0.5, 0.6) is 0 Å². The van der Waals surface area contributed by atoms with Gasteiger partial charge in [-0.15, -0.1) is 0 Å². The highest BCUT2D eigenvalue weighted by molar-refractivity contribution is 5.81. The lowest BCUT2D eigenvalue weighted by molar-refractivity contribution is -0.128. The van der Waals surface area contributed by atoms with E-state index in [0.717, 1.165) is 12.5 Å². The summed E-state index contributed by atoms with van der Waals surface area (Å²) in [6.45, 7) is 6.98. The molecule has 1 atom stereocenters. The van der Waals surface area contributed by atoms with Crippen molar-refractivity contribution in [1.82, 2.24) is 10.6 Å². The lowest BCUT2D eigenvalue weighted by Gasteiger charge is -2.27. The Morgan fingerprint density at radius 1 is 1.44 bits per heavy atom. The first-order valence-electron chi connectivity index (χ1n) is 6.47. The summed E-state index contributed by atoms with van der Waals surface area (Å²) in [5, 5.41) is 6.30. The maximum absolute atomic E-state index is 11.6. The minimum atomic E-state index is -0.310. The van der Waals surface area contributed by atoms with Gasteiger partial charge in [-0.25, -0.2) is 0 Å². The van der Waals surface area contributed by atoms with Crippen LogP contribution < -0.4 is 10.6 Å². The highest BCUT2D eigenvalue weighted by Gasteiger charge is 2.33. The number of rotatable bonds is 7. The number of hydrogen-bond acceptors (Lipinski definition) is 2. The van der Waals surface area contributed by atoms with Gasteiger partial charge in [0.05, 0.1) is 5.41 Å². The normalized spacial score (nSPS) is 18.2. The fourth-order valence-corrected chi connectivity index (χ4v) is 2.12. The van der Waals surface area contributed by atoms with Gasteiger partial charge in [0.2, 0.25) is 5.91 Å². The second-order valence-electron chi connectivity index (χ2n) is 5.58. The Hall–Kier alpha value is -0.570. The van der Waals surface area contributed by atoms with E-state index in [-0.39, 0.29) is 11.3 Å². The Labute approximate surface area is 99.4 Å². The maximum Gasteiger partial charge on any atom is 0.226 e. The molecule has 94 valence electrons. The van der Waals surface area contributed by atoms with Gasteiger partial charge in [0.1, 0.15) is 0 Å². The molecule has 0 aromatic carbocycles. The van der Waals surface area contributed by atoms with Crippen molar-refractivity contribution in [2.75, 3.05) is 13.6 Å². The molecule has 0 aromatic rings. The van der Waals surface area contributed by atoms with E-state index in [9.17, 15) is 4.79 Å². The molecule has 1 rings (SSSR count). The summed E-state index contributed by atoms with van der Waals surface area (Å²) < 4.78 is 0. The number of amides is 1. The summed E-state index contributed by atoms with van der Waals surface area (Å²) in [5.74, 6) is 0.978. The van der Waals surface area contributed by atoms with Crippen LogP contribution in [0.1, 0.15) is 46.5 Å². The minimum absolute atomic E-state index is 0.117. The van der Waals surface area contributed by atoms with Gasteiger partial charge in [0.15, 0.2) is 0 Å². The summed E-state index contributed by atoms with van der Waals surface area (Å²) in [6.07, 6.45) is 5.17. The molecule has 0 bridgehead atoms. The molecular formula is C13H26N2O. The van der Waals surface area contributed by atoms with Gasteiger partial charge in [-0.05, 0) is 39.0 Å². The van der Waals surface area contributed by atoms with E-state index in [1.165, 1.54) is 25.7 Å². The SMILES string of the molecule is CCCC(NCC(C)(C)C(=O)NC)C1CC1. The molecule has 16 heavy (non-hydrogen) atoms. The fraction of sp³-hybridized carbons (Fsp3) is 0.923. The molecule has 1 unspecified atom stereocenters. The number of carbonyl (C=O) groups excluding carboxylic acids is 1. The first-order valence-corrected chi connectivity index (χ1v) is 6.47. The number of hydrogen-bond donors (Lipinski definition) is 2. The maximum atomic E-state index is 11.6. The Morgan fingerprint density at radius 2 is 2.06 bits per heavy atom. The van der Waals surface area contributed by atoms with Crippen molar-refractivity contribution in [2.24, 2.45) is 11.3 Å². The third-order valence-electron chi connectivity index (χ3n) is 3.44. The van der Waals surface area contributed by atoms with Gasteiger partial charge in [-0.1, -0.05) is 13.3 Å². The largest absolute Gasteiger partial charge is 0.359 e. The van der Waals surface area contributed by atoms with Crippen LogP contribution in [-0.2, 0) is 4.79 Å². The highest BCUT2D eigenvalue weighted by atomic mass is 16.2. The quantitative estimate of drug-likeness (QED) is 0.696. The Bertz CT molecular complexity index is 234. The van der Waals surface area contributed by atoms with Crippen molar-refractivity contribution in [3.05, 3.63) is 0 Å². The average Bonchev–Trinajstić information content (AvgIpc) is 3.06. The predicted molar refractivity (Wildman–Crippen MR) is 67.3 cm³/mol. The molecule has 0 heterocycles. The summed E-state index contributed by atoms with van der Waals surface area (Å²) in [5.41, 5.74) is -0.310. The molecule has 1 aliphatic rings. The van der Waals surface area contributed by atoms with Crippen LogP contribution in [-0.4, -0.2) is 25.5 Å². The second-order valence-corrected chi connectivity index (χ2v) is 5.58. The van der Waals surface area contributed by atoms with E-state index < -0.39 is 0 Å². The van der Waals surface area contributed by atoms with E-state index in [0.29, 0.717) is 6.04 Å². The Kier molecular flexibility index (Phi) is 4.78. The molecule has 1 aliphatic carbocycles. The van der Waals surface area contributed by atoms with Crippen LogP contribution in [0.2, 0.25) is 0 Å². The Morgan fingerprint density at radius 3 is 2.50 bits per heavy atom. The Balaban J connectivity index is 2.38. The first kappa shape index (κ1) is 13.5. The van der Waals surface area contributed by atoms with Gasteiger partial charge >= 0.3 is 0 Å². The zero-order chi connectivity index (χ0) is 12.2. The molecule has 0 aliphatic heterocycles. The van der Waals surface area contributed by atoms with Crippen LogP contribution in [0.3, 0.4) is 0 Å². The van der Waals surface area contributed by atoms with Crippen molar-refractivity contribution in [3.8, 4) is 0 Å². The second kappa shape index (κ2) is 5.67. The zero-order valence-electron chi connectivity index (χ0n) is 11.1. The molecule has 1 fully saturated rings. The third-order valence-corrected chi connectivity index (χ3v) is 3.44. The van der Waals surface area contributed by atoms with Crippen LogP contribution in [0.15, 0.2) is 0 Å². The lowest BCUT2D eigenvalue weighted by Crippen LogP contribution is -2.45. The standard InChI is InChI=1S/C13H26N2O/c1-5-6-11(10-7-8-10)15-9-13(2,3)12(16)14-4/h10-11,15H,5-9H2,1-4H3,(H,14,16). The summed E-state index contributed by atoms with van der Waals surface area (Å²) in [6, 6.07) is 0.619. The monoisotopic (exact) mass is 226 g/mol. The lowest BCUT2D eigenvalue weighted by atomic mass is 9.91. The summed E-state index contributed by atoms with van der Waals surface area (Å²) in [4.78, 5) is 11.6. The topological polar surface area (TPSA) is 41.1 Å². The molecule has 1 saturated carbocycles. The van der Waals surface area contributed by atoms with Crippen LogP contribution in [0.4, 0.5) is 0 Å². The highest BCUT2D eigenvalue weighted by Crippen LogP contribution is 2.34.